The van der Waals surface area contributed by atoms with E-state index in [2.05, 4.69) is 16.0 Å². The molecule has 0 spiro atoms. The normalized spacial score (nSPS) is 27.0. The van der Waals surface area contributed by atoms with Crippen molar-refractivity contribution in [1.82, 2.24) is 10.6 Å². The molecule has 1 aromatic carbocycles. The van der Waals surface area contributed by atoms with Crippen molar-refractivity contribution in [2.24, 2.45) is 0 Å². The van der Waals surface area contributed by atoms with Crippen LogP contribution in [0.15, 0.2) is 18.2 Å². The fourth-order valence-electron chi connectivity index (χ4n) is 3.39. The first-order chi connectivity index (χ1) is 11.0. The third-order valence-corrected chi connectivity index (χ3v) is 4.92. The molecule has 2 fully saturated rings. The van der Waals surface area contributed by atoms with E-state index in [0.29, 0.717) is 10.7 Å². The number of fused-ring (bicyclic) bond motifs is 1. The molecule has 3 atom stereocenters. The van der Waals surface area contributed by atoms with Crippen LogP contribution in [0.5, 0.6) is 0 Å². The molecule has 3 N–H and O–H groups in total. The first-order valence-corrected chi connectivity index (χ1v) is 8.53. The number of aryl methyl sites for hydroxylation is 1. The summed E-state index contributed by atoms with van der Waals surface area (Å²) >= 11 is 5.96. The van der Waals surface area contributed by atoms with Crippen LogP contribution < -0.4 is 16.0 Å². The number of nitrogens with one attached hydrogen (secondary N) is 3. The van der Waals surface area contributed by atoms with E-state index >= 15 is 0 Å². The van der Waals surface area contributed by atoms with Gasteiger partial charge < -0.3 is 16.0 Å². The lowest BCUT2D eigenvalue weighted by Crippen LogP contribution is -2.65. The predicted octanol–water partition coefficient (Wildman–Crippen LogP) is 2.38. The molecule has 2 amide bonds. The number of hydrogen-bond donors (Lipinski definition) is 3. The summed E-state index contributed by atoms with van der Waals surface area (Å²) in [6, 6.07) is 5.40. The molecule has 0 radical (unpaired) electrons. The predicted molar refractivity (Wildman–Crippen MR) is 90.5 cm³/mol. The van der Waals surface area contributed by atoms with E-state index in [1.165, 1.54) is 6.42 Å². The minimum absolute atomic E-state index is 0.0777. The monoisotopic (exact) mass is 335 g/mol. The standard InChI is InChI=1S/C17H22ClN3O2/c1-10-6-7-11(18)8-14(10)20-16(22)9-15-17(23)21-13-5-3-2-4-12(13)19-15/h6-8,12-13,15,19H,2-5,9H2,1H3,(H,20,22)(H,21,23)/t12-,13+,15-/m0/s1. The van der Waals surface area contributed by atoms with Gasteiger partial charge in [0.15, 0.2) is 0 Å². The second-order valence-electron chi connectivity index (χ2n) is 6.44. The Balaban J connectivity index is 1.61. The third kappa shape index (κ3) is 3.85. The summed E-state index contributed by atoms with van der Waals surface area (Å²) in [4.78, 5) is 24.5. The highest BCUT2D eigenvalue weighted by Crippen LogP contribution is 2.23. The third-order valence-electron chi connectivity index (χ3n) is 4.69. The van der Waals surface area contributed by atoms with Crippen molar-refractivity contribution < 1.29 is 9.59 Å². The van der Waals surface area contributed by atoms with Gasteiger partial charge >= 0.3 is 0 Å². The van der Waals surface area contributed by atoms with Gasteiger partial charge in [-0.1, -0.05) is 30.5 Å². The van der Waals surface area contributed by atoms with Crippen LogP contribution >= 0.6 is 11.6 Å². The van der Waals surface area contributed by atoms with Gasteiger partial charge in [-0.05, 0) is 37.5 Å². The Morgan fingerprint density at radius 2 is 2.04 bits per heavy atom. The van der Waals surface area contributed by atoms with Crippen LogP contribution in [-0.4, -0.2) is 29.9 Å². The average Bonchev–Trinajstić information content (AvgIpc) is 2.51. The van der Waals surface area contributed by atoms with Gasteiger partial charge in [-0.15, -0.1) is 0 Å². The molecular formula is C17H22ClN3O2. The fraction of sp³-hybridized carbons (Fsp3) is 0.529. The molecule has 1 saturated carbocycles. The summed E-state index contributed by atoms with van der Waals surface area (Å²) in [7, 11) is 0. The molecule has 0 unspecified atom stereocenters. The van der Waals surface area contributed by atoms with Crippen LogP contribution in [0, 0.1) is 6.92 Å². The van der Waals surface area contributed by atoms with Crippen molar-refractivity contribution >= 4 is 29.1 Å². The van der Waals surface area contributed by atoms with Crippen LogP contribution in [0.25, 0.3) is 0 Å². The molecule has 1 aromatic rings. The van der Waals surface area contributed by atoms with E-state index in [9.17, 15) is 9.59 Å². The van der Waals surface area contributed by atoms with Gasteiger partial charge in [-0.25, -0.2) is 0 Å². The summed E-state index contributed by atoms with van der Waals surface area (Å²) in [5, 5.41) is 9.83. The first-order valence-electron chi connectivity index (χ1n) is 8.15. The second kappa shape index (κ2) is 6.89. The van der Waals surface area contributed by atoms with Crippen LogP contribution in [0.4, 0.5) is 5.69 Å². The van der Waals surface area contributed by atoms with Gasteiger partial charge in [0.2, 0.25) is 11.8 Å². The van der Waals surface area contributed by atoms with Crippen molar-refractivity contribution in [2.75, 3.05) is 5.32 Å². The van der Waals surface area contributed by atoms with Crippen molar-refractivity contribution in [3.05, 3.63) is 28.8 Å². The molecule has 1 saturated heterocycles. The summed E-state index contributed by atoms with van der Waals surface area (Å²) in [6.45, 7) is 1.91. The van der Waals surface area contributed by atoms with Gasteiger partial charge in [0, 0.05) is 22.8 Å². The van der Waals surface area contributed by atoms with Crippen LogP contribution in [0.2, 0.25) is 5.02 Å². The summed E-state index contributed by atoms with van der Waals surface area (Å²) in [5.74, 6) is -0.261. The van der Waals surface area contributed by atoms with Crippen LogP contribution in [-0.2, 0) is 9.59 Å². The van der Waals surface area contributed by atoms with Gasteiger partial charge in [-0.2, -0.15) is 0 Å². The lowest BCUT2D eigenvalue weighted by Gasteiger charge is -2.40. The minimum atomic E-state index is -0.464. The molecule has 6 heteroatoms. The van der Waals surface area contributed by atoms with E-state index in [1.807, 2.05) is 13.0 Å². The molecule has 2 aliphatic rings. The molecule has 1 heterocycles. The largest absolute Gasteiger partial charge is 0.350 e. The van der Waals surface area contributed by atoms with Crippen molar-refractivity contribution in [3.8, 4) is 0 Å². The number of amides is 2. The highest BCUT2D eigenvalue weighted by atomic mass is 35.5. The van der Waals surface area contributed by atoms with Gasteiger partial charge in [-0.3, -0.25) is 9.59 Å². The highest BCUT2D eigenvalue weighted by Gasteiger charge is 2.36. The zero-order chi connectivity index (χ0) is 16.4. The molecule has 1 aliphatic heterocycles. The summed E-state index contributed by atoms with van der Waals surface area (Å²) in [5.41, 5.74) is 1.63. The Morgan fingerprint density at radius 1 is 1.30 bits per heavy atom. The summed E-state index contributed by atoms with van der Waals surface area (Å²) in [6.07, 6.45) is 4.52. The number of carbonyl (C=O) groups is 2. The number of rotatable bonds is 3. The summed E-state index contributed by atoms with van der Waals surface area (Å²) < 4.78 is 0. The Morgan fingerprint density at radius 3 is 2.83 bits per heavy atom. The maximum absolute atomic E-state index is 12.3. The first kappa shape index (κ1) is 16.3. The molecule has 5 nitrogen and oxygen atoms in total. The van der Waals surface area contributed by atoms with Gasteiger partial charge in [0.05, 0.1) is 12.5 Å². The molecule has 23 heavy (non-hydrogen) atoms. The fourth-order valence-corrected chi connectivity index (χ4v) is 3.56. The number of anilines is 1. The number of halogens is 1. The van der Waals surface area contributed by atoms with E-state index in [4.69, 9.17) is 11.6 Å². The lowest BCUT2D eigenvalue weighted by atomic mass is 9.87. The molecule has 3 rings (SSSR count). The zero-order valence-electron chi connectivity index (χ0n) is 13.2. The van der Waals surface area contributed by atoms with Crippen molar-refractivity contribution in [3.63, 3.8) is 0 Å². The quantitative estimate of drug-likeness (QED) is 0.794. The lowest BCUT2D eigenvalue weighted by molar-refractivity contribution is -0.129. The topological polar surface area (TPSA) is 70.2 Å². The van der Waals surface area contributed by atoms with E-state index in [1.54, 1.807) is 12.1 Å². The van der Waals surface area contributed by atoms with E-state index < -0.39 is 6.04 Å². The highest BCUT2D eigenvalue weighted by molar-refractivity contribution is 6.31. The van der Waals surface area contributed by atoms with Gasteiger partial charge in [0.1, 0.15) is 0 Å². The molecule has 0 bridgehead atoms. The Labute approximate surface area is 141 Å². The number of piperazine rings is 1. The smallest absolute Gasteiger partial charge is 0.237 e. The maximum Gasteiger partial charge on any atom is 0.237 e. The van der Waals surface area contributed by atoms with E-state index in [0.717, 1.165) is 24.8 Å². The Kier molecular flexibility index (Phi) is 4.87. The van der Waals surface area contributed by atoms with Crippen molar-refractivity contribution in [1.29, 1.82) is 0 Å². The Bertz CT molecular complexity index is 620. The van der Waals surface area contributed by atoms with Crippen LogP contribution in [0.3, 0.4) is 0 Å². The molecule has 1 aliphatic carbocycles. The van der Waals surface area contributed by atoms with E-state index in [-0.39, 0.29) is 30.3 Å². The maximum atomic E-state index is 12.3. The van der Waals surface area contributed by atoms with Crippen molar-refractivity contribution in [2.45, 2.75) is 57.2 Å². The molecule has 0 aromatic heterocycles. The average molecular weight is 336 g/mol. The number of hydrogen-bond acceptors (Lipinski definition) is 3. The zero-order valence-corrected chi connectivity index (χ0v) is 14.0. The number of carbonyl (C=O) groups excluding carboxylic acids is 2. The van der Waals surface area contributed by atoms with Gasteiger partial charge in [0.25, 0.3) is 0 Å². The van der Waals surface area contributed by atoms with Crippen LogP contribution in [0.1, 0.15) is 37.7 Å². The second-order valence-corrected chi connectivity index (χ2v) is 6.87. The minimum Gasteiger partial charge on any atom is -0.350 e. The molecule has 124 valence electrons. The Hall–Kier alpha value is -1.59. The molecular weight excluding hydrogens is 314 g/mol. The SMILES string of the molecule is Cc1ccc(Cl)cc1NC(=O)C[C@@H]1N[C@H]2CCCC[C@H]2NC1=O. The number of benzene rings is 1.